The van der Waals surface area contributed by atoms with Gasteiger partial charge in [-0.1, -0.05) is 6.07 Å². The van der Waals surface area contributed by atoms with Gasteiger partial charge in [0, 0.05) is 17.5 Å². The Morgan fingerprint density at radius 3 is 2.29 bits per heavy atom. The molecule has 1 N–H and O–H groups in total. The van der Waals surface area contributed by atoms with Crippen molar-refractivity contribution in [1.29, 1.82) is 0 Å². The summed E-state index contributed by atoms with van der Waals surface area (Å²) in [6.07, 6.45) is 2.32. The first-order valence-corrected chi connectivity index (χ1v) is 7.10. The molecule has 2 aromatic rings. The van der Waals surface area contributed by atoms with Gasteiger partial charge in [0.25, 0.3) is 0 Å². The Morgan fingerprint density at radius 1 is 1.12 bits per heavy atom. The number of allylic oxidation sites excluding steroid dienone is 1. The van der Waals surface area contributed by atoms with Crippen LogP contribution in [0, 0.1) is 11.6 Å². The molecule has 0 spiro atoms. The van der Waals surface area contributed by atoms with E-state index in [4.69, 9.17) is 4.74 Å². The average molecular weight is 330 g/mol. The highest BCUT2D eigenvalue weighted by atomic mass is 19.1. The highest BCUT2D eigenvalue weighted by Crippen LogP contribution is 2.15. The van der Waals surface area contributed by atoms with Crippen molar-refractivity contribution in [3.8, 4) is 0 Å². The van der Waals surface area contributed by atoms with E-state index in [1.165, 1.54) is 13.2 Å². The van der Waals surface area contributed by atoms with Crippen LogP contribution in [-0.4, -0.2) is 19.3 Å². The molecule has 0 saturated carbocycles. The second-order valence-corrected chi connectivity index (χ2v) is 4.89. The molecule has 4 nitrogen and oxygen atoms in total. The predicted molar refractivity (Wildman–Crippen MR) is 89.1 cm³/mol. The molecule has 0 saturated heterocycles. The third-order valence-corrected chi connectivity index (χ3v) is 3.14. The third kappa shape index (κ3) is 4.25. The fourth-order valence-electron chi connectivity index (χ4n) is 1.94. The first kappa shape index (κ1) is 17.3. The van der Waals surface area contributed by atoms with Gasteiger partial charge >= 0.3 is 0 Å². The molecule has 0 heterocycles. The Bertz CT molecular complexity index is 764. The smallest absolute Gasteiger partial charge is 0.226 e. The van der Waals surface area contributed by atoms with Gasteiger partial charge in [-0.05, 0) is 43.3 Å². The van der Waals surface area contributed by atoms with Crippen molar-refractivity contribution in [1.82, 2.24) is 0 Å². The molecule has 0 bridgehead atoms. The molecule has 0 amide bonds. The molecule has 0 radical (unpaired) electrons. The second-order valence-electron chi connectivity index (χ2n) is 4.89. The summed E-state index contributed by atoms with van der Waals surface area (Å²) in [4.78, 5) is 14.7. The number of halogens is 2. The summed E-state index contributed by atoms with van der Waals surface area (Å²) in [6, 6.07) is 10.3. The van der Waals surface area contributed by atoms with Crippen molar-refractivity contribution >= 4 is 17.9 Å². The van der Waals surface area contributed by atoms with E-state index in [1.54, 1.807) is 37.4 Å². The first-order chi connectivity index (χ1) is 11.5. The quantitative estimate of drug-likeness (QED) is 0.509. The van der Waals surface area contributed by atoms with Crippen molar-refractivity contribution in [2.24, 2.45) is 4.99 Å². The summed E-state index contributed by atoms with van der Waals surface area (Å²) >= 11 is 0. The Kier molecular flexibility index (Phi) is 5.78. The summed E-state index contributed by atoms with van der Waals surface area (Å²) in [5, 5.41) is 2.98. The number of hydrogen-bond acceptors (Lipinski definition) is 4. The zero-order chi connectivity index (χ0) is 17.5. The largest absolute Gasteiger partial charge is 0.480 e. The number of nitrogens with one attached hydrogen (secondary N) is 1. The van der Waals surface area contributed by atoms with Crippen LogP contribution < -0.4 is 5.32 Å². The lowest BCUT2D eigenvalue weighted by molar-refractivity contribution is 0.112. The van der Waals surface area contributed by atoms with Crippen LogP contribution in [0.25, 0.3) is 0 Å². The highest BCUT2D eigenvalue weighted by molar-refractivity contribution is 5.95. The summed E-state index contributed by atoms with van der Waals surface area (Å²) in [5.41, 5.74) is 1.44. The van der Waals surface area contributed by atoms with Gasteiger partial charge in [-0.25, -0.2) is 13.8 Å². The Hall–Kier alpha value is -3.02. The normalized spacial score (nSPS) is 12.0. The van der Waals surface area contributed by atoms with Crippen LogP contribution in [-0.2, 0) is 4.74 Å². The number of aliphatic imine (C=N–C) groups is 1. The molecule has 6 heteroatoms. The number of methoxy groups -OCH3 is 1. The van der Waals surface area contributed by atoms with Crippen molar-refractivity contribution in [3.05, 3.63) is 77.1 Å². The monoisotopic (exact) mass is 330 g/mol. The third-order valence-electron chi connectivity index (χ3n) is 3.14. The van der Waals surface area contributed by atoms with Gasteiger partial charge in [0.2, 0.25) is 5.90 Å². The van der Waals surface area contributed by atoms with Crippen LogP contribution in [0.4, 0.5) is 14.5 Å². The van der Waals surface area contributed by atoms with Gasteiger partial charge in [0.05, 0.1) is 12.8 Å². The summed E-state index contributed by atoms with van der Waals surface area (Å²) in [6.45, 7) is 1.66. The fraction of sp³-hybridized carbons (Fsp3) is 0.111. The molecule has 24 heavy (non-hydrogen) atoms. The lowest BCUT2D eigenvalue weighted by Crippen LogP contribution is -2.09. The van der Waals surface area contributed by atoms with Crippen LogP contribution in [0.15, 0.2) is 59.4 Å². The highest BCUT2D eigenvalue weighted by Gasteiger charge is 2.15. The molecule has 0 aromatic heterocycles. The molecular weight excluding hydrogens is 314 g/mol. The lowest BCUT2D eigenvalue weighted by Gasteiger charge is -2.08. The number of hydrogen-bond donors (Lipinski definition) is 1. The van der Waals surface area contributed by atoms with E-state index in [1.807, 2.05) is 0 Å². The number of carbonyl (C=O) groups excluding carboxylic acids is 1. The molecule has 0 atom stereocenters. The van der Waals surface area contributed by atoms with E-state index in [9.17, 15) is 13.6 Å². The summed E-state index contributed by atoms with van der Waals surface area (Å²) < 4.78 is 32.6. The SMILES string of the molecule is CO/C(=N\C(C)=C\Nc1ccc(C=O)cc1)c1c(F)cccc1F. The van der Waals surface area contributed by atoms with E-state index >= 15 is 0 Å². The second kappa shape index (κ2) is 8.01. The molecule has 0 aliphatic heterocycles. The van der Waals surface area contributed by atoms with Gasteiger partial charge in [0.1, 0.15) is 23.5 Å². The van der Waals surface area contributed by atoms with E-state index < -0.39 is 11.6 Å². The fourth-order valence-corrected chi connectivity index (χ4v) is 1.94. The zero-order valence-corrected chi connectivity index (χ0v) is 13.2. The van der Waals surface area contributed by atoms with Crippen molar-refractivity contribution in [2.75, 3.05) is 12.4 Å². The maximum atomic E-state index is 13.8. The van der Waals surface area contributed by atoms with Crippen LogP contribution in [0.5, 0.6) is 0 Å². The molecular formula is C18H16F2N2O2. The number of aldehydes is 1. The number of ether oxygens (including phenoxy) is 1. The molecule has 0 fully saturated rings. The summed E-state index contributed by atoms with van der Waals surface area (Å²) in [7, 11) is 1.30. The number of anilines is 1. The molecule has 124 valence electrons. The molecule has 0 aliphatic carbocycles. The first-order valence-electron chi connectivity index (χ1n) is 7.10. The average Bonchev–Trinajstić information content (AvgIpc) is 2.59. The number of rotatable bonds is 5. The van der Waals surface area contributed by atoms with Gasteiger partial charge in [-0.2, -0.15) is 0 Å². The number of nitrogens with zero attached hydrogens (tertiary/aromatic N) is 1. The summed E-state index contributed by atoms with van der Waals surface area (Å²) in [5.74, 6) is -1.65. The standard InChI is InChI=1S/C18H16F2N2O2/c1-12(10-21-14-8-6-13(11-23)7-9-14)22-18(24-2)17-15(19)4-3-5-16(17)20/h3-11,21H,1-2H3/b12-10+,22-18-. The van der Waals surface area contributed by atoms with E-state index in [0.717, 1.165) is 24.1 Å². The molecule has 2 rings (SSSR count). The van der Waals surface area contributed by atoms with Crippen LogP contribution in [0.2, 0.25) is 0 Å². The maximum absolute atomic E-state index is 13.8. The minimum absolute atomic E-state index is 0.155. The Labute approximate surface area is 138 Å². The number of carbonyl (C=O) groups is 1. The Morgan fingerprint density at radius 2 is 1.75 bits per heavy atom. The minimum Gasteiger partial charge on any atom is -0.480 e. The van der Waals surface area contributed by atoms with Gasteiger partial charge in [-0.3, -0.25) is 4.79 Å². The Balaban J connectivity index is 2.21. The van der Waals surface area contributed by atoms with Crippen molar-refractivity contribution < 1.29 is 18.3 Å². The molecule has 0 unspecified atom stereocenters. The van der Waals surface area contributed by atoms with Crippen molar-refractivity contribution in [2.45, 2.75) is 6.92 Å². The van der Waals surface area contributed by atoms with Gasteiger partial charge < -0.3 is 10.1 Å². The predicted octanol–water partition coefficient (Wildman–Crippen LogP) is 4.14. The molecule has 2 aromatic carbocycles. The van der Waals surface area contributed by atoms with Crippen LogP contribution in [0.1, 0.15) is 22.8 Å². The number of benzene rings is 2. The van der Waals surface area contributed by atoms with Crippen LogP contribution in [0.3, 0.4) is 0 Å². The minimum atomic E-state index is -0.749. The molecule has 0 aliphatic rings. The maximum Gasteiger partial charge on any atom is 0.226 e. The zero-order valence-electron chi connectivity index (χ0n) is 13.2. The van der Waals surface area contributed by atoms with E-state index in [0.29, 0.717) is 11.3 Å². The van der Waals surface area contributed by atoms with Crippen LogP contribution >= 0.6 is 0 Å². The van der Waals surface area contributed by atoms with Gasteiger partial charge in [-0.15, -0.1) is 0 Å². The van der Waals surface area contributed by atoms with E-state index in [-0.39, 0.29) is 11.5 Å². The lowest BCUT2D eigenvalue weighted by atomic mass is 10.2. The van der Waals surface area contributed by atoms with Crippen molar-refractivity contribution in [3.63, 3.8) is 0 Å². The topological polar surface area (TPSA) is 50.7 Å². The van der Waals surface area contributed by atoms with E-state index in [2.05, 4.69) is 10.3 Å². The van der Waals surface area contributed by atoms with Gasteiger partial charge in [0.15, 0.2) is 0 Å².